The number of aryl methyl sites for hydroxylation is 1. The molecule has 0 bridgehead atoms. The summed E-state index contributed by atoms with van der Waals surface area (Å²) in [6.07, 6.45) is 0.797. The van der Waals surface area contributed by atoms with Crippen molar-refractivity contribution in [3.8, 4) is 5.75 Å². The van der Waals surface area contributed by atoms with Crippen molar-refractivity contribution in [2.75, 3.05) is 6.54 Å². The van der Waals surface area contributed by atoms with Gasteiger partial charge >= 0.3 is 0 Å². The lowest BCUT2D eigenvalue weighted by molar-refractivity contribution is 0.301. The third kappa shape index (κ3) is 3.98. The van der Waals surface area contributed by atoms with Gasteiger partial charge < -0.3 is 10.5 Å². The standard InChI is InChI=1S/C16H17BrClNO/c1-11-7-14(17)9-13(5-6-19)16(11)20-10-12-3-2-4-15(18)8-12/h2-4,7-9H,5-6,10,19H2,1H3. The minimum Gasteiger partial charge on any atom is -0.488 e. The highest BCUT2D eigenvalue weighted by molar-refractivity contribution is 9.10. The Kier molecular flexibility index (Phi) is 5.46. The van der Waals surface area contributed by atoms with E-state index in [1.165, 1.54) is 0 Å². The fourth-order valence-corrected chi connectivity index (χ4v) is 2.96. The Hall–Kier alpha value is -1.03. The van der Waals surface area contributed by atoms with E-state index in [0.717, 1.165) is 38.4 Å². The number of ether oxygens (including phenoxy) is 1. The highest BCUT2D eigenvalue weighted by atomic mass is 79.9. The Bertz CT molecular complexity index is 601. The largest absolute Gasteiger partial charge is 0.488 e. The van der Waals surface area contributed by atoms with Gasteiger partial charge in [-0.05, 0) is 60.8 Å². The van der Waals surface area contributed by atoms with Gasteiger partial charge in [-0.15, -0.1) is 0 Å². The molecule has 0 aliphatic carbocycles. The molecule has 0 saturated carbocycles. The van der Waals surface area contributed by atoms with Gasteiger partial charge in [0.1, 0.15) is 12.4 Å². The summed E-state index contributed by atoms with van der Waals surface area (Å²) in [5.74, 6) is 0.915. The molecule has 2 N–H and O–H groups in total. The van der Waals surface area contributed by atoms with Crippen molar-refractivity contribution in [2.45, 2.75) is 20.0 Å². The Balaban J connectivity index is 2.20. The predicted octanol–water partition coefficient (Wildman–Crippen LogP) is 4.49. The molecular formula is C16H17BrClNO. The molecule has 20 heavy (non-hydrogen) atoms. The SMILES string of the molecule is Cc1cc(Br)cc(CCN)c1OCc1cccc(Cl)c1. The summed E-state index contributed by atoms with van der Waals surface area (Å²) in [5.41, 5.74) is 8.95. The summed E-state index contributed by atoms with van der Waals surface area (Å²) in [5, 5.41) is 0.723. The molecule has 0 amide bonds. The van der Waals surface area contributed by atoms with Crippen LogP contribution >= 0.6 is 27.5 Å². The molecule has 0 aromatic heterocycles. The van der Waals surface area contributed by atoms with E-state index in [4.69, 9.17) is 22.1 Å². The number of hydrogen-bond acceptors (Lipinski definition) is 2. The minimum atomic E-state index is 0.501. The Morgan fingerprint density at radius 2 is 2.05 bits per heavy atom. The summed E-state index contributed by atoms with van der Waals surface area (Å²) in [7, 11) is 0. The van der Waals surface area contributed by atoms with Gasteiger partial charge in [0.15, 0.2) is 0 Å². The normalized spacial score (nSPS) is 10.6. The third-order valence-electron chi connectivity index (χ3n) is 3.00. The molecule has 2 rings (SSSR count). The van der Waals surface area contributed by atoms with Gasteiger partial charge in [-0.25, -0.2) is 0 Å². The van der Waals surface area contributed by atoms with Gasteiger partial charge in [0, 0.05) is 9.50 Å². The van der Waals surface area contributed by atoms with Crippen LogP contribution in [0.4, 0.5) is 0 Å². The lowest BCUT2D eigenvalue weighted by atomic mass is 10.1. The predicted molar refractivity (Wildman–Crippen MR) is 87.4 cm³/mol. The zero-order valence-corrected chi connectivity index (χ0v) is 13.7. The van der Waals surface area contributed by atoms with Gasteiger partial charge in [-0.1, -0.05) is 39.7 Å². The van der Waals surface area contributed by atoms with Crippen LogP contribution in [0.1, 0.15) is 16.7 Å². The molecule has 4 heteroatoms. The maximum Gasteiger partial charge on any atom is 0.126 e. The van der Waals surface area contributed by atoms with E-state index in [9.17, 15) is 0 Å². The number of halogens is 2. The van der Waals surface area contributed by atoms with E-state index in [1.807, 2.05) is 37.3 Å². The van der Waals surface area contributed by atoms with E-state index in [1.54, 1.807) is 0 Å². The maximum atomic E-state index is 5.98. The van der Waals surface area contributed by atoms with Crippen molar-refractivity contribution in [2.24, 2.45) is 5.73 Å². The van der Waals surface area contributed by atoms with Gasteiger partial charge in [0.2, 0.25) is 0 Å². The first-order valence-corrected chi connectivity index (χ1v) is 7.63. The van der Waals surface area contributed by atoms with Crippen LogP contribution in [-0.2, 0) is 13.0 Å². The average molecular weight is 355 g/mol. The smallest absolute Gasteiger partial charge is 0.126 e. The zero-order valence-electron chi connectivity index (χ0n) is 11.3. The number of nitrogens with two attached hydrogens (primary N) is 1. The first-order chi connectivity index (χ1) is 9.60. The molecule has 106 valence electrons. The van der Waals surface area contributed by atoms with Crippen LogP contribution in [0.2, 0.25) is 5.02 Å². The Labute approximate surface area is 133 Å². The topological polar surface area (TPSA) is 35.2 Å². The van der Waals surface area contributed by atoms with Crippen LogP contribution in [-0.4, -0.2) is 6.54 Å². The van der Waals surface area contributed by atoms with Crippen LogP contribution < -0.4 is 10.5 Å². The first kappa shape index (κ1) is 15.4. The van der Waals surface area contributed by atoms with Crippen LogP contribution in [0.25, 0.3) is 0 Å². The second-order valence-corrected chi connectivity index (χ2v) is 6.02. The van der Waals surface area contributed by atoms with Crippen molar-refractivity contribution in [1.29, 1.82) is 0 Å². The van der Waals surface area contributed by atoms with Crippen molar-refractivity contribution < 1.29 is 4.74 Å². The van der Waals surface area contributed by atoms with Crippen LogP contribution in [0.5, 0.6) is 5.75 Å². The van der Waals surface area contributed by atoms with E-state index in [-0.39, 0.29) is 0 Å². The average Bonchev–Trinajstić information content (AvgIpc) is 2.38. The second kappa shape index (κ2) is 7.11. The van der Waals surface area contributed by atoms with Crippen LogP contribution in [0.15, 0.2) is 40.9 Å². The van der Waals surface area contributed by atoms with Crippen LogP contribution in [0.3, 0.4) is 0 Å². The zero-order chi connectivity index (χ0) is 14.5. The van der Waals surface area contributed by atoms with Gasteiger partial charge in [-0.2, -0.15) is 0 Å². The van der Waals surface area contributed by atoms with Crippen molar-refractivity contribution >= 4 is 27.5 Å². The van der Waals surface area contributed by atoms with Crippen molar-refractivity contribution in [1.82, 2.24) is 0 Å². The minimum absolute atomic E-state index is 0.501. The lowest BCUT2D eigenvalue weighted by Gasteiger charge is -2.15. The maximum absolute atomic E-state index is 5.98. The molecule has 0 unspecified atom stereocenters. The summed E-state index contributed by atoms with van der Waals surface area (Å²) in [4.78, 5) is 0. The molecule has 0 aliphatic heterocycles. The number of hydrogen-bond donors (Lipinski definition) is 1. The molecule has 0 saturated heterocycles. The van der Waals surface area contributed by atoms with Gasteiger partial charge in [-0.3, -0.25) is 0 Å². The molecular weight excluding hydrogens is 338 g/mol. The molecule has 2 aromatic rings. The quantitative estimate of drug-likeness (QED) is 0.858. The van der Waals surface area contributed by atoms with Crippen molar-refractivity contribution in [3.05, 3.63) is 62.6 Å². The summed E-state index contributed by atoms with van der Waals surface area (Å²) in [6.45, 7) is 3.14. The highest BCUT2D eigenvalue weighted by Crippen LogP contribution is 2.29. The second-order valence-electron chi connectivity index (χ2n) is 4.67. The van der Waals surface area contributed by atoms with Gasteiger partial charge in [0.05, 0.1) is 0 Å². The third-order valence-corrected chi connectivity index (χ3v) is 3.70. The number of rotatable bonds is 5. The lowest BCUT2D eigenvalue weighted by Crippen LogP contribution is -2.06. The molecule has 2 aromatic carbocycles. The first-order valence-electron chi connectivity index (χ1n) is 6.46. The van der Waals surface area contributed by atoms with Gasteiger partial charge in [0.25, 0.3) is 0 Å². The summed E-state index contributed by atoms with van der Waals surface area (Å²) < 4.78 is 7.03. The molecule has 0 atom stereocenters. The molecule has 0 heterocycles. The number of benzene rings is 2. The molecule has 0 aliphatic rings. The molecule has 0 radical (unpaired) electrons. The Morgan fingerprint density at radius 1 is 1.25 bits per heavy atom. The fraction of sp³-hybridized carbons (Fsp3) is 0.250. The molecule has 2 nitrogen and oxygen atoms in total. The highest BCUT2D eigenvalue weighted by Gasteiger charge is 2.09. The van der Waals surface area contributed by atoms with Crippen molar-refractivity contribution in [3.63, 3.8) is 0 Å². The van der Waals surface area contributed by atoms with E-state index in [2.05, 4.69) is 22.0 Å². The summed E-state index contributed by atoms with van der Waals surface area (Å²) in [6, 6.07) is 11.8. The van der Waals surface area contributed by atoms with E-state index >= 15 is 0 Å². The fourth-order valence-electron chi connectivity index (χ4n) is 2.13. The monoisotopic (exact) mass is 353 g/mol. The van der Waals surface area contributed by atoms with E-state index < -0.39 is 0 Å². The van der Waals surface area contributed by atoms with Crippen LogP contribution in [0, 0.1) is 6.92 Å². The van der Waals surface area contributed by atoms with E-state index in [0.29, 0.717) is 13.2 Å². The molecule has 0 fully saturated rings. The molecule has 0 spiro atoms. The summed E-state index contributed by atoms with van der Waals surface area (Å²) >= 11 is 9.49. The Morgan fingerprint density at radius 3 is 2.75 bits per heavy atom.